The first kappa shape index (κ1) is 16.3. The third-order valence-electron chi connectivity index (χ3n) is 2.99. The van der Waals surface area contributed by atoms with Gasteiger partial charge in [0, 0.05) is 24.2 Å². The number of rotatable bonds is 5. The van der Waals surface area contributed by atoms with Gasteiger partial charge in [0.2, 0.25) is 5.91 Å². The van der Waals surface area contributed by atoms with Gasteiger partial charge in [-0.1, -0.05) is 41.4 Å². The molecule has 2 aromatic carbocycles. The molecule has 0 unspecified atom stereocenters. The van der Waals surface area contributed by atoms with Crippen LogP contribution in [0.15, 0.2) is 42.5 Å². The summed E-state index contributed by atoms with van der Waals surface area (Å²) in [7, 11) is 0. The molecule has 2 aromatic rings. The molecule has 0 bridgehead atoms. The molecule has 0 saturated heterocycles. The average Bonchev–Trinajstić information content (AvgIpc) is 2.49. The molecule has 0 aliphatic heterocycles. The van der Waals surface area contributed by atoms with Crippen LogP contribution in [-0.2, 0) is 11.2 Å². The molecule has 0 aliphatic carbocycles. The Hall–Kier alpha value is -2.11. The fourth-order valence-electron chi connectivity index (χ4n) is 1.91. The van der Waals surface area contributed by atoms with Gasteiger partial charge in [0.15, 0.2) is 0 Å². The third kappa shape index (κ3) is 4.19. The fourth-order valence-corrected chi connectivity index (χ4v) is 2.33. The average molecular weight is 339 g/mol. The summed E-state index contributed by atoms with van der Waals surface area (Å²) in [6.45, 7) is 0. The SMILES string of the molecule is O=C(CCc1cccc(Cl)c1Cl)Nc1cccc([N+](=O)[O-])c1. The third-order valence-corrected chi connectivity index (χ3v) is 3.85. The van der Waals surface area contributed by atoms with Gasteiger partial charge >= 0.3 is 0 Å². The Bertz CT molecular complexity index is 720. The number of amides is 1. The van der Waals surface area contributed by atoms with Gasteiger partial charge in [-0.15, -0.1) is 0 Å². The molecule has 114 valence electrons. The second kappa shape index (κ2) is 7.24. The smallest absolute Gasteiger partial charge is 0.271 e. The Morgan fingerprint density at radius 3 is 2.64 bits per heavy atom. The number of nitro groups is 1. The summed E-state index contributed by atoms with van der Waals surface area (Å²) < 4.78 is 0. The fraction of sp³-hybridized carbons (Fsp3) is 0.133. The Morgan fingerprint density at radius 2 is 1.91 bits per heavy atom. The summed E-state index contributed by atoms with van der Waals surface area (Å²) in [6.07, 6.45) is 0.628. The molecule has 1 amide bonds. The summed E-state index contributed by atoms with van der Waals surface area (Å²) in [5.74, 6) is -0.253. The molecule has 0 fully saturated rings. The van der Waals surface area contributed by atoms with Gasteiger partial charge in [-0.05, 0) is 24.1 Å². The number of anilines is 1. The van der Waals surface area contributed by atoms with Crippen molar-refractivity contribution in [2.75, 3.05) is 5.32 Å². The second-order valence-corrected chi connectivity index (χ2v) is 5.35. The summed E-state index contributed by atoms with van der Waals surface area (Å²) in [5.41, 5.74) is 1.09. The van der Waals surface area contributed by atoms with Crippen molar-refractivity contribution in [3.63, 3.8) is 0 Å². The van der Waals surface area contributed by atoms with Crippen LogP contribution >= 0.6 is 23.2 Å². The van der Waals surface area contributed by atoms with Gasteiger partial charge in [0.05, 0.1) is 15.0 Å². The Kier molecular flexibility index (Phi) is 5.35. The van der Waals surface area contributed by atoms with E-state index in [9.17, 15) is 14.9 Å². The Balaban J connectivity index is 1.97. The minimum atomic E-state index is -0.513. The van der Waals surface area contributed by atoms with Crippen LogP contribution in [0, 0.1) is 10.1 Å². The number of nitrogens with zero attached hydrogens (tertiary/aromatic N) is 1. The zero-order chi connectivity index (χ0) is 16.1. The summed E-state index contributed by atoms with van der Waals surface area (Å²) in [6, 6.07) is 11.0. The number of halogens is 2. The molecular weight excluding hydrogens is 327 g/mol. The maximum atomic E-state index is 11.9. The van der Waals surface area contributed by atoms with Crippen molar-refractivity contribution in [3.8, 4) is 0 Å². The van der Waals surface area contributed by atoms with E-state index in [1.165, 1.54) is 18.2 Å². The maximum absolute atomic E-state index is 11.9. The minimum absolute atomic E-state index is 0.0734. The van der Waals surface area contributed by atoms with E-state index in [1.54, 1.807) is 24.3 Å². The topological polar surface area (TPSA) is 72.2 Å². The molecule has 0 radical (unpaired) electrons. The predicted octanol–water partition coefficient (Wildman–Crippen LogP) is 4.47. The largest absolute Gasteiger partial charge is 0.326 e. The normalized spacial score (nSPS) is 10.3. The number of nitro benzene ring substituents is 1. The number of nitrogens with one attached hydrogen (secondary N) is 1. The number of carbonyl (C=O) groups is 1. The first-order chi connectivity index (χ1) is 10.5. The van der Waals surface area contributed by atoms with Crippen molar-refractivity contribution in [2.24, 2.45) is 0 Å². The zero-order valence-electron chi connectivity index (χ0n) is 11.4. The van der Waals surface area contributed by atoms with Gasteiger partial charge in [-0.3, -0.25) is 14.9 Å². The molecule has 0 saturated carbocycles. The molecule has 0 atom stereocenters. The number of benzene rings is 2. The highest BCUT2D eigenvalue weighted by Crippen LogP contribution is 2.26. The Labute approximate surface area is 137 Å². The van der Waals surface area contributed by atoms with E-state index < -0.39 is 4.92 Å². The maximum Gasteiger partial charge on any atom is 0.271 e. The van der Waals surface area contributed by atoms with Crippen LogP contribution in [0.2, 0.25) is 10.0 Å². The molecule has 7 heteroatoms. The van der Waals surface area contributed by atoms with E-state index in [0.29, 0.717) is 22.2 Å². The van der Waals surface area contributed by atoms with Crippen molar-refractivity contribution in [3.05, 3.63) is 68.2 Å². The first-order valence-electron chi connectivity index (χ1n) is 6.44. The molecule has 0 heterocycles. The number of hydrogen-bond donors (Lipinski definition) is 1. The number of aryl methyl sites for hydroxylation is 1. The molecule has 0 aliphatic rings. The van der Waals surface area contributed by atoms with Crippen molar-refractivity contribution in [1.82, 2.24) is 0 Å². The molecule has 2 rings (SSSR count). The van der Waals surface area contributed by atoms with E-state index >= 15 is 0 Å². The Morgan fingerprint density at radius 1 is 1.18 bits per heavy atom. The van der Waals surface area contributed by atoms with E-state index in [0.717, 1.165) is 5.56 Å². The van der Waals surface area contributed by atoms with E-state index in [-0.39, 0.29) is 18.0 Å². The van der Waals surface area contributed by atoms with Crippen molar-refractivity contribution >= 4 is 40.5 Å². The van der Waals surface area contributed by atoms with Gasteiger partial charge in [-0.2, -0.15) is 0 Å². The van der Waals surface area contributed by atoms with Crippen LogP contribution in [0.25, 0.3) is 0 Å². The molecule has 1 N–H and O–H groups in total. The minimum Gasteiger partial charge on any atom is -0.326 e. The van der Waals surface area contributed by atoms with Crippen LogP contribution < -0.4 is 5.32 Å². The molecule has 5 nitrogen and oxygen atoms in total. The molecule has 0 spiro atoms. The van der Waals surface area contributed by atoms with Crippen LogP contribution in [0.3, 0.4) is 0 Å². The van der Waals surface area contributed by atoms with Crippen molar-refractivity contribution < 1.29 is 9.72 Å². The van der Waals surface area contributed by atoms with Crippen molar-refractivity contribution in [2.45, 2.75) is 12.8 Å². The van der Waals surface area contributed by atoms with Gasteiger partial charge in [-0.25, -0.2) is 0 Å². The lowest BCUT2D eigenvalue weighted by molar-refractivity contribution is -0.384. The predicted molar refractivity (Wildman–Crippen MR) is 86.5 cm³/mol. The highest BCUT2D eigenvalue weighted by Gasteiger charge is 2.10. The van der Waals surface area contributed by atoms with Crippen molar-refractivity contribution in [1.29, 1.82) is 0 Å². The van der Waals surface area contributed by atoms with Crippen LogP contribution in [0.1, 0.15) is 12.0 Å². The molecule has 22 heavy (non-hydrogen) atoms. The molecule has 0 aromatic heterocycles. The lowest BCUT2D eigenvalue weighted by Gasteiger charge is -2.07. The van der Waals surface area contributed by atoms with Crippen LogP contribution in [0.5, 0.6) is 0 Å². The second-order valence-electron chi connectivity index (χ2n) is 4.57. The summed E-state index contributed by atoms with van der Waals surface area (Å²) in [5, 5.41) is 14.2. The molecular formula is C15H12Cl2N2O3. The van der Waals surface area contributed by atoms with Gasteiger partial charge in [0.25, 0.3) is 5.69 Å². The van der Waals surface area contributed by atoms with Crippen LogP contribution in [0.4, 0.5) is 11.4 Å². The standard InChI is InChI=1S/C15H12Cl2N2O3/c16-13-6-1-3-10(15(13)17)7-8-14(20)18-11-4-2-5-12(9-11)19(21)22/h1-6,9H,7-8H2,(H,18,20). The highest BCUT2D eigenvalue weighted by atomic mass is 35.5. The number of hydrogen-bond acceptors (Lipinski definition) is 3. The zero-order valence-corrected chi connectivity index (χ0v) is 12.9. The van der Waals surface area contributed by atoms with Gasteiger partial charge < -0.3 is 5.32 Å². The number of carbonyl (C=O) groups excluding carboxylic acids is 1. The van der Waals surface area contributed by atoms with E-state index in [4.69, 9.17) is 23.2 Å². The highest BCUT2D eigenvalue weighted by molar-refractivity contribution is 6.42. The van der Waals surface area contributed by atoms with E-state index in [2.05, 4.69) is 5.32 Å². The quantitative estimate of drug-likeness (QED) is 0.645. The lowest BCUT2D eigenvalue weighted by atomic mass is 10.1. The summed E-state index contributed by atoms with van der Waals surface area (Å²) in [4.78, 5) is 22.1. The first-order valence-corrected chi connectivity index (χ1v) is 7.20. The van der Waals surface area contributed by atoms with Gasteiger partial charge in [0.1, 0.15) is 0 Å². The number of non-ortho nitro benzene ring substituents is 1. The van der Waals surface area contributed by atoms with E-state index in [1.807, 2.05) is 0 Å². The monoisotopic (exact) mass is 338 g/mol. The van der Waals surface area contributed by atoms with Crippen LogP contribution in [-0.4, -0.2) is 10.8 Å². The summed E-state index contributed by atoms with van der Waals surface area (Å²) >= 11 is 12.0. The lowest BCUT2D eigenvalue weighted by Crippen LogP contribution is -2.12.